The molecule has 0 aliphatic rings. The highest BCUT2D eigenvalue weighted by molar-refractivity contribution is 6.06. The fourth-order valence-corrected chi connectivity index (χ4v) is 2.01. The highest BCUT2D eigenvalue weighted by Gasteiger charge is 2.14. The molecule has 0 bridgehead atoms. The third-order valence-electron chi connectivity index (χ3n) is 3.02. The zero-order chi connectivity index (χ0) is 18.4. The van der Waals surface area contributed by atoms with Crippen LogP contribution in [0.4, 0.5) is 29.3 Å². The van der Waals surface area contributed by atoms with E-state index in [4.69, 9.17) is 5.73 Å². The van der Waals surface area contributed by atoms with Crippen LogP contribution < -0.4 is 21.7 Å². The van der Waals surface area contributed by atoms with E-state index in [-0.39, 0.29) is 30.0 Å². The summed E-state index contributed by atoms with van der Waals surface area (Å²) in [5.74, 6) is -2.98. The van der Waals surface area contributed by atoms with E-state index in [0.717, 1.165) is 24.3 Å². The summed E-state index contributed by atoms with van der Waals surface area (Å²) in [6.45, 7) is 0.408. The Labute approximate surface area is 141 Å². The largest absolute Gasteiger partial charge is 0.351 e. The molecule has 2 aromatic rings. The Kier molecular flexibility index (Phi) is 5.96. The maximum absolute atomic E-state index is 13.4. The summed E-state index contributed by atoms with van der Waals surface area (Å²) in [7, 11) is 0. The maximum atomic E-state index is 13.4. The Balaban J connectivity index is 2.16. The fraction of sp³-hybridized carbons (Fsp3) is 0.125. The lowest BCUT2D eigenvalue weighted by Gasteiger charge is -2.12. The second kappa shape index (κ2) is 8.15. The number of halogens is 3. The Morgan fingerprint density at radius 2 is 1.60 bits per heavy atom. The van der Waals surface area contributed by atoms with Crippen LogP contribution in [-0.2, 0) is 0 Å². The van der Waals surface area contributed by atoms with Gasteiger partial charge in [-0.1, -0.05) is 0 Å². The van der Waals surface area contributed by atoms with Gasteiger partial charge in [0.2, 0.25) is 0 Å². The number of benzene rings is 2. The van der Waals surface area contributed by atoms with Gasteiger partial charge in [-0.25, -0.2) is 18.0 Å². The number of nitrogens with one attached hydrogen (secondary N) is 3. The highest BCUT2D eigenvalue weighted by Crippen LogP contribution is 2.18. The number of rotatable bonds is 5. The van der Waals surface area contributed by atoms with Gasteiger partial charge in [-0.2, -0.15) is 0 Å². The predicted molar refractivity (Wildman–Crippen MR) is 86.8 cm³/mol. The van der Waals surface area contributed by atoms with Crippen LogP contribution in [0.1, 0.15) is 10.4 Å². The number of amides is 3. The van der Waals surface area contributed by atoms with E-state index in [1.54, 1.807) is 0 Å². The lowest BCUT2D eigenvalue weighted by Crippen LogP contribution is -2.30. The molecule has 0 radical (unpaired) electrons. The summed E-state index contributed by atoms with van der Waals surface area (Å²) in [5, 5.41) is 6.95. The topological polar surface area (TPSA) is 96.2 Å². The Bertz CT molecular complexity index is 779. The van der Waals surface area contributed by atoms with Crippen LogP contribution in [0.25, 0.3) is 0 Å². The molecule has 9 heteroatoms. The van der Waals surface area contributed by atoms with Crippen LogP contribution in [0.3, 0.4) is 0 Å². The number of hydrogen-bond acceptors (Lipinski definition) is 3. The van der Waals surface area contributed by atoms with Crippen molar-refractivity contribution in [2.45, 2.75) is 0 Å². The van der Waals surface area contributed by atoms with Gasteiger partial charge < -0.3 is 21.7 Å². The lowest BCUT2D eigenvalue weighted by molar-refractivity contribution is 0.0955. The number of nitrogens with two attached hydrogens (primary N) is 1. The summed E-state index contributed by atoms with van der Waals surface area (Å²) in [6, 6.07) is 4.76. The van der Waals surface area contributed by atoms with Crippen molar-refractivity contribution in [2.24, 2.45) is 5.73 Å². The third kappa shape index (κ3) is 5.21. The third-order valence-corrected chi connectivity index (χ3v) is 3.02. The van der Waals surface area contributed by atoms with Gasteiger partial charge in [0.15, 0.2) is 0 Å². The van der Waals surface area contributed by atoms with Crippen molar-refractivity contribution in [3.05, 3.63) is 59.4 Å². The van der Waals surface area contributed by atoms with E-state index in [9.17, 15) is 22.8 Å². The monoisotopic (exact) mass is 352 g/mol. The van der Waals surface area contributed by atoms with Crippen LogP contribution in [0.2, 0.25) is 0 Å². The molecular formula is C16H15F3N4O2. The van der Waals surface area contributed by atoms with Gasteiger partial charge in [0.1, 0.15) is 17.5 Å². The highest BCUT2D eigenvalue weighted by atomic mass is 19.1. The van der Waals surface area contributed by atoms with Crippen molar-refractivity contribution in [3.8, 4) is 0 Å². The van der Waals surface area contributed by atoms with Crippen LogP contribution in [0.15, 0.2) is 36.4 Å². The predicted octanol–water partition coefficient (Wildman–Crippen LogP) is 2.44. The molecule has 0 saturated heterocycles. The summed E-state index contributed by atoms with van der Waals surface area (Å²) in [6.07, 6.45) is 0. The fourth-order valence-electron chi connectivity index (χ4n) is 2.01. The van der Waals surface area contributed by atoms with E-state index < -0.39 is 29.4 Å². The summed E-state index contributed by atoms with van der Waals surface area (Å²) < 4.78 is 39.7. The van der Waals surface area contributed by atoms with E-state index in [1.807, 2.05) is 0 Å². The smallest absolute Gasteiger partial charge is 0.323 e. The first-order valence-electron chi connectivity index (χ1n) is 7.21. The van der Waals surface area contributed by atoms with E-state index in [2.05, 4.69) is 16.0 Å². The van der Waals surface area contributed by atoms with Crippen molar-refractivity contribution in [1.29, 1.82) is 0 Å². The van der Waals surface area contributed by atoms with E-state index in [0.29, 0.717) is 6.07 Å². The number of carbonyl (C=O) groups excluding carboxylic acids is 2. The second-order valence-electron chi connectivity index (χ2n) is 4.97. The van der Waals surface area contributed by atoms with Crippen molar-refractivity contribution < 1.29 is 22.8 Å². The molecular weight excluding hydrogens is 337 g/mol. The van der Waals surface area contributed by atoms with E-state index in [1.165, 1.54) is 6.07 Å². The van der Waals surface area contributed by atoms with Gasteiger partial charge in [-0.05, 0) is 30.3 Å². The summed E-state index contributed by atoms with van der Waals surface area (Å²) in [5.41, 5.74) is 5.06. The second-order valence-corrected chi connectivity index (χ2v) is 4.97. The minimum atomic E-state index is -0.900. The zero-order valence-corrected chi connectivity index (χ0v) is 12.9. The standard InChI is InChI=1S/C16H15F3N4O2/c17-9-1-2-13(15(24)21-4-3-20)14(8-9)23-16(25)22-12-6-10(18)5-11(19)7-12/h1-2,5-8H,3-4,20H2,(H,21,24)(H2,22,23,25). The number of urea groups is 1. The molecule has 0 fully saturated rings. The lowest BCUT2D eigenvalue weighted by atomic mass is 10.1. The Hall–Kier alpha value is -3.07. The van der Waals surface area contributed by atoms with E-state index >= 15 is 0 Å². The summed E-state index contributed by atoms with van der Waals surface area (Å²) >= 11 is 0. The van der Waals surface area contributed by atoms with Gasteiger partial charge in [0, 0.05) is 24.8 Å². The van der Waals surface area contributed by atoms with Crippen LogP contribution in [0.5, 0.6) is 0 Å². The molecule has 0 unspecified atom stereocenters. The van der Waals surface area contributed by atoms with Gasteiger partial charge in [-0.3, -0.25) is 4.79 Å². The van der Waals surface area contributed by atoms with Gasteiger partial charge >= 0.3 is 6.03 Å². The molecule has 0 spiro atoms. The molecule has 0 heterocycles. The molecule has 25 heavy (non-hydrogen) atoms. The van der Waals surface area contributed by atoms with Crippen LogP contribution in [0, 0.1) is 17.5 Å². The molecule has 5 N–H and O–H groups in total. The van der Waals surface area contributed by atoms with Crippen molar-refractivity contribution >= 4 is 23.3 Å². The number of anilines is 2. The SMILES string of the molecule is NCCNC(=O)c1ccc(F)cc1NC(=O)Nc1cc(F)cc(F)c1. The minimum Gasteiger partial charge on any atom is -0.351 e. The first-order chi connectivity index (χ1) is 11.9. The molecule has 3 amide bonds. The van der Waals surface area contributed by atoms with Gasteiger partial charge in [0.05, 0.1) is 11.3 Å². The molecule has 2 rings (SSSR count). The quantitative estimate of drug-likeness (QED) is 0.665. The van der Waals surface area contributed by atoms with Gasteiger partial charge in [0.25, 0.3) is 5.91 Å². The molecule has 0 aliphatic heterocycles. The first kappa shape index (κ1) is 18.3. The Morgan fingerprint density at radius 3 is 2.24 bits per heavy atom. The van der Waals surface area contributed by atoms with Gasteiger partial charge in [-0.15, -0.1) is 0 Å². The molecule has 6 nitrogen and oxygen atoms in total. The molecule has 132 valence electrons. The first-order valence-corrected chi connectivity index (χ1v) is 7.21. The normalized spacial score (nSPS) is 10.2. The minimum absolute atomic E-state index is 0.00965. The molecule has 0 atom stereocenters. The van der Waals surface area contributed by atoms with Crippen molar-refractivity contribution in [3.63, 3.8) is 0 Å². The Morgan fingerprint density at radius 1 is 0.920 bits per heavy atom. The zero-order valence-electron chi connectivity index (χ0n) is 12.9. The molecule has 0 aromatic heterocycles. The van der Waals surface area contributed by atoms with Crippen LogP contribution >= 0.6 is 0 Å². The van der Waals surface area contributed by atoms with Crippen LogP contribution in [-0.4, -0.2) is 25.0 Å². The average Bonchev–Trinajstić information content (AvgIpc) is 2.51. The van der Waals surface area contributed by atoms with Crippen molar-refractivity contribution in [1.82, 2.24) is 5.32 Å². The number of carbonyl (C=O) groups is 2. The maximum Gasteiger partial charge on any atom is 0.323 e. The number of hydrogen-bond donors (Lipinski definition) is 4. The molecule has 2 aromatic carbocycles. The molecule has 0 aliphatic carbocycles. The molecule has 0 saturated carbocycles. The van der Waals surface area contributed by atoms with Crippen molar-refractivity contribution in [2.75, 3.05) is 23.7 Å². The summed E-state index contributed by atoms with van der Waals surface area (Å²) in [4.78, 5) is 24.0. The average molecular weight is 352 g/mol.